The van der Waals surface area contributed by atoms with Crippen molar-refractivity contribution in [1.82, 2.24) is 4.90 Å². The molecule has 0 amide bonds. The Morgan fingerprint density at radius 2 is 2.24 bits per heavy atom. The first-order valence-corrected chi connectivity index (χ1v) is 6.36. The molecule has 1 saturated carbocycles. The van der Waals surface area contributed by atoms with Crippen LogP contribution in [0.25, 0.3) is 0 Å². The smallest absolute Gasteiger partial charge is 0.0672 e. The second-order valence-corrected chi connectivity index (χ2v) is 5.14. The van der Waals surface area contributed by atoms with Crippen molar-refractivity contribution in [2.45, 2.75) is 38.8 Å². The molecule has 0 aromatic heterocycles. The quantitative estimate of drug-likeness (QED) is 0.794. The van der Waals surface area contributed by atoms with Crippen LogP contribution < -0.4 is 0 Å². The van der Waals surface area contributed by atoms with Gasteiger partial charge in [-0.15, -0.1) is 0 Å². The lowest BCUT2D eigenvalue weighted by Gasteiger charge is -2.26. The highest BCUT2D eigenvalue weighted by Crippen LogP contribution is 2.29. The standard InChI is InChI=1S/C15H20N2/c1-12-5-3-6-13(9-12)11-17(2)15-8-4-7-14(15)10-16/h3,5-6,9,14-15H,4,7-8,11H2,1-2H3. The van der Waals surface area contributed by atoms with Crippen molar-refractivity contribution in [3.63, 3.8) is 0 Å². The molecule has 1 fully saturated rings. The third kappa shape index (κ3) is 2.87. The Morgan fingerprint density at radius 3 is 2.94 bits per heavy atom. The highest BCUT2D eigenvalue weighted by molar-refractivity contribution is 5.22. The summed E-state index contributed by atoms with van der Waals surface area (Å²) in [5.41, 5.74) is 2.65. The molecule has 0 aliphatic heterocycles. The van der Waals surface area contributed by atoms with E-state index in [0.717, 1.165) is 13.0 Å². The molecule has 1 aliphatic rings. The SMILES string of the molecule is Cc1cccc(CN(C)C2CCCC2C#N)c1. The maximum atomic E-state index is 9.12. The van der Waals surface area contributed by atoms with Gasteiger partial charge in [-0.1, -0.05) is 36.2 Å². The summed E-state index contributed by atoms with van der Waals surface area (Å²) in [5, 5.41) is 9.12. The third-order valence-corrected chi connectivity index (χ3v) is 3.73. The van der Waals surface area contributed by atoms with Gasteiger partial charge < -0.3 is 0 Å². The minimum atomic E-state index is 0.227. The number of hydrogen-bond acceptors (Lipinski definition) is 2. The van der Waals surface area contributed by atoms with Gasteiger partial charge in [-0.3, -0.25) is 4.90 Å². The van der Waals surface area contributed by atoms with Crippen molar-refractivity contribution >= 4 is 0 Å². The van der Waals surface area contributed by atoms with E-state index in [1.54, 1.807) is 0 Å². The van der Waals surface area contributed by atoms with Gasteiger partial charge in [0.25, 0.3) is 0 Å². The molecule has 1 aromatic rings. The summed E-state index contributed by atoms with van der Waals surface area (Å²) in [6, 6.07) is 11.5. The van der Waals surface area contributed by atoms with Crippen LogP contribution in [0.15, 0.2) is 24.3 Å². The van der Waals surface area contributed by atoms with Crippen LogP contribution in [-0.4, -0.2) is 18.0 Å². The number of rotatable bonds is 3. The molecule has 17 heavy (non-hydrogen) atoms. The summed E-state index contributed by atoms with van der Waals surface area (Å²) in [5.74, 6) is 0.227. The van der Waals surface area contributed by atoms with E-state index in [1.807, 2.05) is 0 Å². The molecule has 0 bridgehead atoms. The van der Waals surface area contributed by atoms with Crippen LogP contribution in [0, 0.1) is 24.2 Å². The van der Waals surface area contributed by atoms with E-state index < -0.39 is 0 Å². The average molecular weight is 228 g/mol. The fraction of sp³-hybridized carbons (Fsp3) is 0.533. The number of nitrogens with zero attached hydrogens (tertiary/aromatic N) is 2. The fourth-order valence-corrected chi connectivity index (χ4v) is 2.83. The van der Waals surface area contributed by atoms with Gasteiger partial charge in [-0.2, -0.15) is 5.26 Å². The van der Waals surface area contributed by atoms with Crippen molar-refractivity contribution in [1.29, 1.82) is 5.26 Å². The van der Waals surface area contributed by atoms with Gasteiger partial charge in [0.1, 0.15) is 0 Å². The lowest BCUT2D eigenvalue weighted by Crippen LogP contribution is -2.33. The van der Waals surface area contributed by atoms with Crippen molar-refractivity contribution < 1.29 is 0 Å². The van der Waals surface area contributed by atoms with Crippen molar-refractivity contribution in [3.8, 4) is 6.07 Å². The van der Waals surface area contributed by atoms with Crippen LogP contribution in [-0.2, 0) is 6.54 Å². The molecule has 2 rings (SSSR count). The molecule has 0 saturated heterocycles. The van der Waals surface area contributed by atoms with Crippen LogP contribution in [0.1, 0.15) is 30.4 Å². The molecule has 0 N–H and O–H groups in total. The summed E-state index contributed by atoms with van der Waals surface area (Å²) in [7, 11) is 2.14. The predicted octanol–water partition coefficient (Wildman–Crippen LogP) is 3.12. The second kappa shape index (κ2) is 5.33. The molecule has 90 valence electrons. The zero-order chi connectivity index (χ0) is 12.3. The largest absolute Gasteiger partial charge is 0.298 e. The summed E-state index contributed by atoms with van der Waals surface area (Å²) >= 11 is 0. The highest BCUT2D eigenvalue weighted by Gasteiger charge is 2.30. The van der Waals surface area contributed by atoms with Gasteiger partial charge in [-0.25, -0.2) is 0 Å². The summed E-state index contributed by atoms with van der Waals surface area (Å²) in [6.45, 7) is 3.07. The minimum Gasteiger partial charge on any atom is -0.298 e. The van der Waals surface area contributed by atoms with E-state index in [2.05, 4.69) is 49.2 Å². The zero-order valence-electron chi connectivity index (χ0n) is 10.7. The van der Waals surface area contributed by atoms with Crippen molar-refractivity contribution in [2.24, 2.45) is 5.92 Å². The maximum Gasteiger partial charge on any atom is 0.0672 e. The number of hydrogen-bond donors (Lipinski definition) is 0. The third-order valence-electron chi connectivity index (χ3n) is 3.73. The van der Waals surface area contributed by atoms with Crippen LogP contribution in [0.3, 0.4) is 0 Å². The van der Waals surface area contributed by atoms with E-state index in [0.29, 0.717) is 6.04 Å². The van der Waals surface area contributed by atoms with Gasteiger partial charge in [0.05, 0.1) is 12.0 Å². The molecule has 0 heterocycles. The van der Waals surface area contributed by atoms with E-state index in [1.165, 1.54) is 24.0 Å². The van der Waals surface area contributed by atoms with Crippen LogP contribution in [0.2, 0.25) is 0 Å². The molecule has 0 spiro atoms. The summed E-state index contributed by atoms with van der Waals surface area (Å²) < 4.78 is 0. The van der Waals surface area contributed by atoms with E-state index in [9.17, 15) is 0 Å². The van der Waals surface area contributed by atoms with E-state index in [4.69, 9.17) is 5.26 Å². The maximum absolute atomic E-state index is 9.12. The average Bonchev–Trinajstić information content (AvgIpc) is 2.77. The Morgan fingerprint density at radius 1 is 1.41 bits per heavy atom. The Hall–Kier alpha value is -1.33. The summed E-state index contributed by atoms with van der Waals surface area (Å²) in [6.07, 6.45) is 3.43. The van der Waals surface area contributed by atoms with Crippen molar-refractivity contribution in [3.05, 3.63) is 35.4 Å². The topological polar surface area (TPSA) is 27.0 Å². The predicted molar refractivity (Wildman–Crippen MR) is 69.4 cm³/mol. The zero-order valence-corrected chi connectivity index (χ0v) is 10.7. The minimum absolute atomic E-state index is 0.227. The second-order valence-electron chi connectivity index (χ2n) is 5.14. The molecule has 2 nitrogen and oxygen atoms in total. The normalized spacial score (nSPS) is 23.9. The van der Waals surface area contributed by atoms with Crippen LogP contribution in [0.4, 0.5) is 0 Å². The first kappa shape index (κ1) is 12.1. The Kier molecular flexibility index (Phi) is 3.81. The number of nitriles is 1. The monoisotopic (exact) mass is 228 g/mol. The summed E-state index contributed by atoms with van der Waals surface area (Å²) in [4.78, 5) is 2.34. The number of benzene rings is 1. The molecule has 0 radical (unpaired) electrons. The van der Waals surface area contributed by atoms with Gasteiger partial charge in [0.15, 0.2) is 0 Å². The van der Waals surface area contributed by atoms with Crippen LogP contribution >= 0.6 is 0 Å². The Labute approximate surface area is 104 Å². The van der Waals surface area contributed by atoms with Crippen LogP contribution in [0.5, 0.6) is 0 Å². The van der Waals surface area contributed by atoms with Gasteiger partial charge >= 0.3 is 0 Å². The number of aryl methyl sites for hydroxylation is 1. The molecule has 2 atom stereocenters. The van der Waals surface area contributed by atoms with Gasteiger partial charge in [-0.05, 0) is 32.4 Å². The Bertz CT molecular complexity index is 419. The lowest BCUT2D eigenvalue weighted by atomic mass is 10.0. The molecule has 1 aliphatic carbocycles. The lowest BCUT2D eigenvalue weighted by molar-refractivity contribution is 0.212. The van der Waals surface area contributed by atoms with E-state index >= 15 is 0 Å². The molecule has 2 heteroatoms. The van der Waals surface area contributed by atoms with Crippen molar-refractivity contribution in [2.75, 3.05) is 7.05 Å². The Balaban J connectivity index is 2.02. The van der Waals surface area contributed by atoms with E-state index in [-0.39, 0.29) is 5.92 Å². The van der Waals surface area contributed by atoms with Gasteiger partial charge in [0.2, 0.25) is 0 Å². The first-order chi connectivity index (χ1) is 8.20. The highest BCUT2D eigenvalue weighted by atomic mass is 15.1. The fourth-order valence-electron chi connectivity index (χ4n) is 2.83. The molecular formula is C15H20N2. The first-order valence-electron chi connectivity index (χ1n) is 6.36. The molecule has 2 unspecified atom stereocenters. The molecular weight excluding hydrogens is 208 g/mol. The molecule has 1 aromatic carbocycles. The van der Waals surface area contributed by atoms with Gasteiger partial charge in [0, 0.05) is 12.6 Å².